The number of nitrogens with zero attached hydrogens (tertiary/aromatic N) is 1. The molecule has 0 spiro atoms. The molecule has 0 aliphatic carbocycles. The molecule has 5 heteroatoms. The lowest BCUT2D eigenvalue weighted by molar-refractivity contribution is 0.0935. The van der Waals surface area contributed by atoms with Crippen molar-refractivity contribution >= 4 is 33.2 Å². The van der Waals surface area contributed by atoms with Gasteiger partial charge in [0.25, 0.3) is 5.91 Å². The first-order chi connectivity index (χ1) is 9.81. The topological polar surface area (TPSA) is 34.0 Å². The largest absolute Gasteiger partial charge is 0.350 e. The van der Waals surface area contributed by atoms with Crippen molar-refractivity contribution in [3.05, 3.63) is 44.8 Å². The number of hydrogen-bond acceptors (Lipinski definition) is 2. The number of nitrogens with one attached hydrogen (secondary N) is 1. The highest BCUT2D eigenvalue weighted by atomic mass is 79.9. The number of carbonyl (C=O) groups is 1. The minimum Gasteiger partial charge on any atom is -0.350 e. The first-order valence-corrected chi connectivity index (χ1v) is 8.68. The summed E-state index contributed by atoms with van der Waals surface area (Å²) in [6.45, 7) is 9.05. The fourth-order valence-corrected chi connectivity index (χ4v) is 3.49. The summed E-state index contributed by atoms with van der Waals surface area (Å²) in [5.74, 6) is -0.0287. The lowest BCUT2D eigenvalue weighted by Gasteiger charge is -2.24. The van der Waals surface area contributed by atoms with Crippen LogP contribution in [0.1, 0.15) is 49.1 Å². The van der Waals surface area contributed by atoms with E-state index in [1.54, 1.807) is 11.3 Å². The van der Waals surface area contributed by atoms with Crippen LogP contribution in [0.2, 0.25) is 0 Å². The molecule has 0 aliphatic heterocycles. The molecule has 0 aliphatic rings. The summed E-state index contributed by atoms with van der Waals surface area (Å²) < 4.78 is 2.91. The maximum Gasteiger partial charge on any atom is 0.267 e. The number of aromatic nitrogens is 1. The molecule has 1 amide bonds. The lowest BCUT2D eigenvalue weighted by Crippen LogP contribution is -2.37. The third-order valence-corrected chi connectivity index (χ3v) is 5.15. The molecule has 2 rings (SSSR count). The summed E-state index contributed by atoms with van der Waals surface area (Å²) in [6, 6.07) is 6.28. The van der Waals surface area contributed by atoms with Crippen LogP contribution in [0.15, 0.2) is 34.2 Å². The highest BCUT2D eigenvalue weighted by Gasteiger charge is 2.23. The van der Waals surface area contributed by atoms with Crippen molar-refractivity contribution in [2.24, 2.45) is 0 Å². The molecule has 21 heavy (non-hydrogen) atoms. The van der Waals surface area contributed by atoms with Gasteiger partial charge in [0.1, 0.15) is 5.69 Å². The molecule has 3 nitrogen and oxygen atoms in total. The number of amides is 1. The molecular weight excluding hydrogens is 348 g/mol. The monoisotopic (exact) mass is 368 g/mol. The van der Waals surface area contributed by atoms with Gasteiger partial charge in [-0.2, -0.15) is 0 Å². The van der Waals surface area contributed by atoms with Crippen LogP contribution in [-0.4, -0.2) is 17.0 Å². The number of thiophene rings is 1. The van der Waals surface area contributed by atoms with Gasteiger partial charge in [0.15, 0.2) is 0 Å². The summed E-state index contributed by atoms with van der Waals surface area (Å²) in [5, 5.41) is 5.13. The van der Waals surface area contributed by atoms with Crippen LogP contribution < -0.4 is 5.32 Å². The van der Waals surface area contributed by atoms with E-state index in [0.717, 1.165) is 4.47 Å². The van der Waals surface area contributed by atoms with Gasteiger partial charge in [-0.3, -0.25) is 4.79 Å². The van der Waals surface area contributed by atoms with Gasteiger partial charge in [-0.05, 0) is 47.3 Å². The second-order valence-electron chi connectivity index (χ2n) is 6.09. The van der Waals surface area contributed by atoms with Crippen LogP contribution >= 0.6 is 27.3 Å². The van der Waals surface area contributed by atoms with Gasteiger partial charge in [0, 0.05) is 33.5 Å². The number of rotatable bonds is 5. The number of halogens is 1. The Morgan fingerprint density at radius 2 is 2.19 bits per heavy atom. The summed E-state index contributed by atoms with van der Waals surface area (Å²) >= 11 is 5.17. The van der Waals surface area contributed by atoms with Crippen molar-refractivity contribution in [2.45, 2.75) is 39.2 Å². The highest BCUT2D eigenvalue weighted by molar-refractivity contribution is 9.10. The lowest BCUT2D eigenvalue weighted by atomic mass is 9.91. The predicted octanol–water partition coefficient (Wildman–Crippen LogP) is 4.60. The summed E-state index contributed by atoms with van der Waals surface area (Å²) in [4.78, 5) is 13.7. The number of carbonyl (C=O) groups excluding carboxylic acids is 1. The third-order valence-electron chi connectivity index (χ3n) is 3.48. The fourth-order valence-electron chi connectivity index (χ4n) is 2.20. The van der Waals surface area contributed by atoms with Crippen molar-refractivity contribution in [1.29, 1.82) is 0 Å². The molecule has 0 atom stereocenters. The standard InChI is InChI=1S/C16H21BrN2OS/c1-11(2)19-9-12(17)8-13(19)15(20)18-10-16(3,4)14-6-5-7-21-14/h5-9,11H,10H2,1-4H3,(H,18,20). The van der Waals surface area contributed by atoms with E-state index in [0.29, 0.717) is 12.2 Å². The molecule has 2 aromatic heterocycles. The van der Waals surface area contributed by atoms with Crippen LogP contribution in [0.4, 0.5) is 0 Å². The molecule has 1 N–H and O–H groups in total. The quantitative estimate of drug-likeness (QED) is 0.821. The molecule has 0 bridgehead atoms. The third kappa shape index (κ3) is 3.77. The van der Waals surface area contributed by atoms with Gasteiger partial charge in [-0.1, -0.05) is 19.9 Å². The Morgan fingerprint density at radius 1 is 1.48 bits per heavy atom. The SMILES string of the molecule is CC(C)n1cc(Br)cc1C(=O)NCC(C)(C)c1cccs1. The van der Waals surface area contributed by atoms with Gasteiger partial charge in [-0.15, -0.1) is 11.3 Å². The first kappa shape index (κ1) is 16.3. The fraction of sp³-hybridized carbons (Fsp3) is 0.438. The maximum atomic E-state index is 12.5. The van der Waals surface area contributed by atoms with E-state index in [4.69, 9.17) is 0 Å². The van der Waals surface area contributed by atoms with Crippen LogP contribution in [-0.2, 0) is 5.41 Å². The Morgan fingerprint density at radius 3 is 2.76 bits per heavy atom. The van der Waals surface area contributed by atoms with E-state index in [2.05, 4.69) is 60.4 Å². The summed E-state index contributed by atoms with van der Waals surface area (Å²) in [5.41, 5.74) is 0.634. The van der Waals surface area contributed by atoms with Crippen molar-refractivity contribution in [2.75, 3.05) is 6.54 Å². The second-order valence-corrected chi connectivity index (χ2v) is 7.95. The maximum absolute atomic E-state index is 12.5. The zero-order valence-electron chi connectivity index (χ0n) is 12.8. The number of hydrogen-bond donors (Lipinski definition) is 1. The van der Waals surface area contributed by atoms with E-state index in [-0.39, 0.29) is 17.4 Å². The first-order valence-electron chi connectivity index (χ1n) is 7.01. The van der Waals surface area contributed by atoms with Crippen LogP contribution in [0, 0.1) is 0 Å². The molecule has 0 fully saturated rings. The normalized spacial score (nSPS) is 11.9. The predicted molar refractivity (Wildman–Crippen MR) is 92.2 cm³/mol. The van der Waals surface area contributed by atoms with Crippen LogP contribution in [0.3, 0.4) is 0 Å². The molecule has 2 heterocycles. The minimum absolute atomic E-state index is 0.0287. The average molecular weight is 369 g/mol. The van der Waals surface area contributed by atoms with E-state index < -0.39 is 0 Å². The second kappa shape index (κ2) is 6.36. The minimum atomic E-state index is -0.0592. The Bertz CT molecular complexity index is 614. The molecule has 0 radical (unpaired) electrons. The van der Waals surface area contributed by atoms with E-state index >= 15 is 0 Å². The van der Waals surface area contributed by atoms with Crippen LogP contribution in [0.25, 0.3) is 0 Å². The summed E-state index contributed by atoms with van der Waals surface area (Å²) in [7, 11) is 0. The Labute approximate surface area is 138 Å². The molecule has 114 valence electrons. The molecule has 2 aromatic rings. The smallest absolute Gasteiger partial charge is 0.267 e. The van der Waals surface area contributed by atoms with Gasteiger partial charge in [0.2, 0.25) is 0 Å². The zero-order valence-corrected chi connectivity index (χ0v) is 15.2. The van der Waals surface area contributed by atoms with Crippen molar-refractivity contribution < 1.29 is 4.79 Å². The van der Waals surface area contributed by atoms with Gasteiger partial charge < -0.3 is 9.88 Å². The molecule has 0 saturated heterocycles. The Kier molecular flexibility index (Phi) is 4.94. The van der Waals surface area contributed by atoms with E-state index in [1.165, 1.54) is 4.88 Å². The van der Waals surface area contributed by atoms with Crippen molar-refractivity contribution in [1.82, 2.24) is 9.88 Å². The Balaban J connectivity index is 2.09. The van der Waals surface area contributed by atoms with E-state index in [1.807, 2.05) is 22.9 Å². The molecule has 0 aromatic carbocycles. The van der Waals surface area contributed by atoms with Crippen molar-refractivity contribution in [3.8, 4) is 0 Å². The van der Waals surface area contributed by atoms with Gasteiger partial charge in [-0.25, -0.2) is 0 Å². The van der Waals surface area contributed by atoms with Crippen molar-refractivity contribution in [3.63, 3.8) is 0 Å². The molecule has 0 saturated carbocycles. The average Bonchev–Trinajstić information content (AvgIpc) is 3.05. The van der Waals surface area contributed by atoms with Crippen LogP contribution in [0.5, 0.6) is 0 Å². The Hall–Kier alpha value is -1.07. The molecular formula is C16H21BrN2OS. The van der Waals surface area contributed by atoms with E-state index in [9.17, 15) is 4.79 Å². The molecule has 0 unspecified atom stereocenters. The summed E-state index contributed by atoms with van der Waals surface area (Å²) in [6.07, 6.45) is 1.95. The van der Waals surface area contributed by atoms with Gasteiger partial charge >= 0.3 is 0 Å². The highest BCUT2D eigenvalue weighted by Crippen LogP contribution is 2.27. The zero-order chi connectivity index (χ0) is 15.6. The van der Waals surface area contributed by atoms with Gasteiger partial charge in [0.05, 0.1) is 0 Å².